The Balaban J connectivity index is 1.66. The molecule has 1 atom stereocenters. The number of H-pyrrole nitrogens is 1. The van der Waals surface area contributed by atoms with E-state index in [9.17, 15) is 8.78 Å². The van der Waals surface area contributed by atoms with Crippen LogP contribution < -0.4 is 4.74 Å². The van der Waals surface area contributed by atoms with Crippen LogP contribution in [0.15, 0.2) is 24.4 Å². The number of ether oxygens (including phenoxy) is 1. The van der Waals surface area contributed by atoms with Gasteiger partial charge >= 0.3 is 0 Å². The number of aryl methyl sites for hydroxylation is 1. The molecule has 3 aromatic rings. The number of hydrogen-bond acceptors (Lipinski definition) is 5. The van der Waals surface area contributed by atoms with Gasteiger partial charge in [-0.2, -0.15) is 5.10 Å². The van der Waals surface area contributed by atoms with Crippen LogP contribution in [-0.2, 0) is 13.0 Å². The molecule has 0 spiro atoms. The summed E-state index contributed by atoms with van der Waals surface area (Å²) in [5.41, 5.74) is 0.526. The quantitative estimate of drug-likeness (QED) is 0.749. The largest absolute Gasteiger partial charge is 0.487 e. The molecule has 24 heavy (non-hydrogen) atoms. The standard InChI is InChI=1S/C15H16F2N6O/c1-3-14-18-15(21-20-14)9(2)23-7-12(19-22-23)8-24-13-5-10(16)4-11(17)6-13/h4-7,9H,3,8H2,1-2H3,(H,18,20,21). The Kier molecular flexibility index (Phi) is 4.50. The minimum Gasteiger partial charge on any atom is -0.487 e. The number of rotatable bonds is 6. The second-order valence-electron chi connectivity index (χ2n) is 5.25. The molecule has 2 heterocycles. The van der Waals surface area contributed by atoms with Gasteiger partial charge in [0.15, 0.2) is 5.82 Å². The molecule has 0 saturated heterocycles. The number of hydrogen-bond donors (Lipinski definition) is 1. The fraction of sp³-hybridized carbons (Fsp3) is 0.333. The van der Waals surface area contributed by atoms with E-state index in [1.165, 1.54) is 0 Å². The Hall–Kier alpha value is -2.84. The van der Waals surface area contributed by atoms with E-state index >= 15 is 0 Å². The average Bonchev–Trinajstić information content (AvgIpc) is 3.21. The zero-order valence-corrected chi connectivity index (χ0v) is 13.2. The third-order valence-electron chi connectivity index (χ3n) is 3.43. The molecule has 3 rings (SSSR count). The average molecular weight is 334 g/mol. The van der Waals surface area contributed by atoms with E-state index in [0.29, 0.717) is 11.5 Å². The van der Waals surface area contributed by atoms with Gasteiger partial charge in [-0.25, -0.2) is 18.4 Å². The molecule has 0 aliphatic rings. The van der Waals surface area contributed by atoms with Crippen molar-refractivity contribution in [3.63, 3.8) is 0 Å². The smallest absolute Gasteiger partial charge is 0.174 e. The molecule has 126 valence electrons. The third-order valence-corrected chi connectivity index (χ3v) is 3.43. The first-order valence-electron chi connectivity index (χ1n) is 7.46. The van der Waals surface area contributed by atoms with E-state index < -0.39 is 11.6 Å². The highest BCUT2D eigenvalue weighted by molar-refractivity contribution is 5.23. The molecule has 2 aromatic heterocycles. The van der Waals surface area contributed by atoms with E-state index in [1.807, 2.05) is 13.8 Å². The van der Waals surface area contributed by atoms with Crippen LogP contribution in [-0.4, -0.2) is 30.2 Å². The topological polar surface area (TPSA) is 81.5 Å². The van der Waals surface area contributed by atoms with Crippen molar-refractivity contribution in [1.29, 1.82) is 0 Å². The van der Waals surface area contributed by atoms with Gasteiger partial charge in [0.2, 0.25) is 0 Å². The van der Waals surface area contributed by atoms with Crippen LogP contribution >= 0.6 is 0 Å². The minimum atomic E-state index is -0.696. The lowest BCUT2D eigenvalue weighted by Gasteiger charge is -2.06. The zero-order chi connectivity index (χ0) is 17.1. The van der Waals surface area contributed by atoms with Gasteiger partial charge in [0, 0.05) is 24.6 Å². The Bertz CT molecular complexity index is 811. The predicted octanol–water partition coefficient (Wildman–Crippen LogP) is 2.43. The molecule has 0 bridgehead atoms. The molecule has 0 fully saturated rings. The normalized spacial score (nSPS) is 12.3. The van der Waals surface area contributed by atoms with Crippen LogP contribution in [0, 0.1) is 11.6 Å². The molecule has 1 aromatic carbocycles. The minimum absolute atomic E-state index is 0.0455. The van der Waals surface area contributed by atoms with E-state index in [1.54, 1.807) is 10.9 Å². The van der Waals surface area contributed by atoms with Crippen LogP contribution in [0.3, 0.4) is 0 Å². The number of aromatic amines is 1. The molecule has 7 nitrogen and oxygen atoms in total. The van der Waals surface area contributed by atoms with Crippen molar-refractivity contribution in [2.45, 2.75) is 32.9 Å². The number of aromatic nitrogens is 6. The molecular formula is C15H16F2N6O. The second-order valence-corrected chi connectivity index (χ2v) is 5.25. The van der Waals surface area contributed by atoms with Crippen LogP contribution in [0.4, 0.5) is 8.78 Å². The van der Waals surface area contributed by atoms with E-state index in [4.69, 9.17) is 4.74 Å². The van der Waals surface area contributed by atoms with Crippen LogP contribution in [0.25, 0.3) is 0 Å². The highest BCUT2D eigenvalue weighted by atomic mass is 19.1. The third kappa shape index (κ3) is 3.55. The zero-order valence-electron chi connectivity index (χ0n) is 13.2. The predicted molar refractivity (Wildman–Crippen MR) is 80.3 cm³/mol. The maximum Gasteiger partial charge on any atom is 0.174 e. The molecule has 0 aliphatic carbocycles. The van der Waals surface area contributed by atoms with Crippen molar-refractivity contribution >= 4 is 0 Å². The molecule has 0 radical (unpaired) electrons. The van der Waals surface area contributed by atoms with Gasteiger partial charge < -0.3 is 4.74 Å². The fourth-order valence-electron chi connectivity index (χ4n) is 2.11. The summed E-state index contributed by atoms with van der Waals surface area (Å²) in [6.45, 7) is 3.92. The lowest BCUT2D eigenvalue weighted by molar-refractivity contribution is 0.297. The van der Waals surface area contributed by atoms with Crippen molar-refractivity contribution in [3.05, 3.63) is 53.4 Å². The molecule has 1 unspecified atom stereocenters. The van der Waals surface area contributed by atoms with Gasteiger partial charge in [-0.1, -0.05) is 12.1 Å². The van der Waals surface area contributed by atoms with Crippen molar-refractivity contribution in [1.82, 2.24) is 30.2 Å². The molecule has 0 amide bonds. The Labute approximate surface area is 136 Å². The Morgan fingerprint density at radius 1 is 1.25 bits per heavy atom. The molecule has 0 saturated carbocycles. The van der Waals surface area contributed by atoms with Crippen molar-refractivity contribution < 1.29 is 13.5 Å². The van der Waals surface area contributed by atoms with E-state index in [2.05, 4.69) is 25.5 Å². The Morgan fingerprint density at radius 3 is 2.67 bits per heavy atom. The maximum absolute atomic E-state index is 13.1. The molecular weight excluding hydrogens is 318 g/mol. The number of benzene rings is 1. The monoisotopic (exact) mass is 334 g/mol. The summed E-state index contributed by atoms with van der Waals surface area (Å²) in [4.78, 5) is 4.36. The van der Waals surface area contributed by atoms with Crippen molar-refractivity contribution in [3.8, 4) is 5.75 Å². The summed E-state index contributed by atoms with van der Waals surface area (Å²) in [7, 11) is 0. The van der Waals surface area contributed by atoms with Crippen molar-refractivity contribution in [2.24, 2.45) is 0 Å². The van der Waals surface area contributed by atoms with Crippen molar-refractivity contribution in [2.75, 3.05) is 0 Å². The lowest BCUT2D eigenvalue weighted by Crippen LogP contribution is -2.09. The first kappa shape index (κ1) is 16.0. The van der Waals surface area contributed by atoms with Crippen LogP contribution in [0.5, 0.6) is 5.75 Å². The summed E-state index contributed by atoms with van der Waals surface area (Å²) in [6, 6.07) is 2.80. The summed E-state index contributed by atoms with van der Waals surface area (Å²) < 4.78 is 33.2. The summed E-state index contributed by atoms with van der Waals surface area (Å²) in [5.74, 6) is 0.110. The summed E-state index contributed by atoms with van der Waals surface area (Å²) >= 11 is 0. The van der Waals surface area contributed by atoms with Gasteiger partial charge in [0.1, 0.15) is 41.6 Å². The maximum atomic E-state index is 13.1. The SMILES string of the molecule is CCc1nc(C(C)n2cc(COc3cc(F)cc(F)c3)nn2)n[nH]1. The second kappa shape index (κ2) is 6.73. The number of halogens is 2. The van der Waals surface area contributed by atoms with Crippen LogP contribution in [0.2, 0.25) is 0 Å². The first-order valence-corrected chi connectivity index (χ1v) is 7.46. The first-order chi connectivity index (χ1) is 11.5. The van der Waals surface area contributed by atoms with Gasteiger partial charge in [-0.05, 0) is 6.92 Å². The van der Waals surface area contributed by atoms with Crippen LogP contribution in [0.1, 0.15) is 37.2 Å². The Morgan fingerprint density at radius 2 is 2.00 bits per heavy atom. The highest BCUT2D eigenvalue weighted by Gasteiger charge is 2.15. The van der Waals surface area contributed by atoms with E-state index in [-0.39, 0.29) is 18.4 Å². The fourth-order valence-corrected chi connectivity index (χ4v) is 2.11. The molecule has 1 N–H and O–H groups in total. The van der Waals surface area contributed by atoms with E-state index in [0.717, 1.165) is 30.4 Å². The molecule has 0 aliphatic heterocycles. The lowest BCUT2D eigenvalue weighted by atomic mass is 10.3. The summed E-state index contributed by atoms with van der Waals surface area (Å²) in [5, 5.41) is 15.0. The summed E-state index contributed by atoms with van der Waals surface area (Å²) in [6.07, 6.45) is 2.45. The number of nitrogens with zero attached hydrogens (tertiary/aromatic N) is 5. The highest BCUT2D eigenvalue weighted by Crippen LogP contribution is 2.17. The number of nitrogens with one attached hydrogen (secondary N) is 1. The van der Waals surface area contributed by atoms with Gasteiger partial charge in [-0.15, -0.1) is 5.10 Å². The molecule has 9 heteroatoms. The van der Waals surface area contributed by atoms with Gasteiger partial charge in [0.05, 0.1) is 6.20 Å². The van der Waals surface area contributed by atoms with Gasteiger partial charge in [-0.3, -0.25) is 5.10 Å². The van der Waals surface area contributed by atoms with Gasteiger partial charge in [0.25, 0.3) is 0 Å².